The van der Waals surface area contributed by atoms with Crippen LogP contribution in [0.15, 0.2) is 18.5 Å². The van der Waals surface area contributed by atoms with Gasteiger partial charge in [0.2, 0.25) is 11.7 Å². The fraction of sp³-hybridized carbons (Fsp3) is 0.625. The second-order valence-electron chi connectivity index (χ2n) is 7.03. The van der Waals surface area contributed by atoms with Crippen molar-refractivity contribution in [3.05, 3.63) is 24.3 Å². The highest BCUT2D eigenvalue weighted by Crippen LogP contribution is 2.42. The van der Waals surface area contributed by atoms with Crippen molar-refractivity contribution < 1.29 is 9.59 Å². The number of hydrogen-bond donors (Lipinski definition) is 1. The zero-order valence-electron chi connectivity index (χ0n) is 13.8. The first kappa shape index (κ1) is 15.9. The van der Waals surface area contributed by atoms with Gasteiger partial charge in [0, 0.05) is 43.5 Å². The number of rotatable bonds is 3. The lowest BCUT2D eigenvalue weighted by molar-refractivity contribution is -0.125. The van der Waals surface area contributed by atoms with Crippen LogP contribution in [0.3, 0.4) is 0 Å². The average molecular weight is 317 g/mol. The third kappa shape index (κ3) is 3.06. The molecule has 2 saturated heterocycles. The fourth-order valence-corrected chi connectivity index (χ4v) is 3.63. The molecule has 7 nitrogen and oxygen atoms in total. The van der Waals surface area contributed by atoms with Crippen molar-refractivity contribution >= 4 is 11.8 Å². The van der Waals surface area contributed by atoms with Crippen LogP contribution in [0, 0.1) is 5.41 Å². The number of likely N-dealkylation sites (N-methyl/N-ethyl adjacent to an activating group) is 1. The van der Waals surface area contributed by atoms with Gasteiger partial charge >= 0.3 is 0 Å². The summed E-state index contributed by atoms with van der Waals surface area (Å²) in [5, 5.41) is 2.98. The number of nitrogens with one attached hydrogen (secondary N) is 1. The van der Waals surface area contributed by atoms with E-state index in [0.717, 1.165) is 13.0 Å². The minimum Gasteiger partial charge on any atom is -0.353 e. The predicted octanol–water partition coefficient (Wildman–Crippen LogP) is 0.148. The molecule has 3 heterocycles. The second-order valence-corrected chi connectivity index (χ2v) is 7.03. The lowest BCUT2D eigenvalue weighted by Gasteiger charge is -2.47. The maximum absolute atomic E-state index is 12.3. The van der Waals surface area contributed by atoms with E-state index >= 15 is 0 Å². The standard InChI is InChI=1S/C16H23N5O2/c1-11(2)19-14(22)12-7-16(8-20(12)3)9-21(10-16)15(23)13-17-5-4-6-18-13/h4-6,11-12H,7-10H2,1-3H3,(H,19,22). The summed E-state index contributed by atoms with van der Waals surface area (Å²) in [6.07, 6.45) is 3.94. The van der Waals surface area contributed by atoms with Gasteiger partial charge in [-0.1, -0.05) is 0 Å². The Balaban J connectivity index is 1.60. The second kappa shape index (κ2) is 5.88. The van der Waals surface area contributed by atoms with Crippen molar-refractivity contribution in [3.8, 4) is 0 Å². The monoisotopic (exact) mass is 317 g/mol. The smallest absolute Gasteiger partial charge is 0.291 e. The molecule has 1 atom stereocenters. The topological polar surface area (TPSA) is 78.4 Å². The molecular formula is C16H23N5O2. The molecule has 2 amide bonds. The molecule has 2 fully saturated rings. The van der Waals surface area contributed by atoms with Crippen LogP contribution in [-0.4, -0.2) is 70.3 Å². The third-order valence-electron chi connectivity index (χ3n) is 4.57. The minimum absolute atomic E-state index is 0.0260. The van der Waals surface area contributed by atoms with E-state index in [-0.39, 0.29) is 35.1 Å². The molecule has 0 radical (unpaired) electrons. The van der Waals surface area contributed by atoms with E-state index in [2.05, 4.69) is 20.2 Å². The Morgan fingerprint density at radius 1 is 1.26 bits per heavy atom. The van der Waals surface area contributed by atoms with E-state index in [1.165, 1.54) is 0 Å². The van der Waals surface area contributed by atoms with E-state index in [4.69, 9.17) is 0 Å². The predicted molar refractivity (Wildman–Crippen MR) is 84.7 cm³/mol. The molecule has 2 aliphatic heterocycles. The zero-order valence-corrected chi connectivity index (χ0v) is 13.8. The first-order chi connectivity index (χ1) is 10.9. The van der Waals surface area contributed by atoms with Gasteiger partial charge in [-0.3, -0.25) is 14.5 Å². The summed E-state index contributed by atoms with van der Waals surface area (Å²) in [4.78, 5) is 36.5. The van der Waals surface area contributed by atoms with Crippen LogP contribution in [0.5, 0.6) is 0 Å². The van der Waals surface area contributed by atoms with Gasteiger partial charge in [-0.15, -0.1) is 0 Å². The summed E-state index contributed by atoms with van der Waals surface area (Å²) in [6, 6.07) is 1.72. The molecular weight excluding hydrogens is 294 g/mol. The average Bonchev–Trinajstić information content (AvgIpc) is 2.83. The third-order valence-corrected chi connectivity index (χ3v) is 4.57. The SMILES string of the molecule is CC(C)NC(=O)C1CC2(CN(C(=O)c3ncccn3)C2)CN1C. The van der Waals surface area contributed by atoms with Crippen LogP contribution < -0.4 is 5.32 Å². The molecule has 0 saturated carbocycles. The molecule has 1 aromatic rings. The van der Waals surface area contributed by atoms with Crippen molar-refractivity contribution in [2.75, 3.05) is 26.7 Å². The number of nitrogens with zero attached hydrogens (tertiary/aromatic N) is 4. The zero-order chi connectivity index (χ0) is 16.6. The lowest BCUT2D eigenvalue weighted by Crippen LogP contribution is -2.59. The quantitative estimate of drug-likeness (QED) is 0.858. The van der Waals surface area contributed by atoms with Crippen LogP contribution in [0.2, 0.25) is 0 Å². The molecule has 0 bridgehead atoms. The van der Waals surface area contributed by atoms with Crippen molar-refractivity contribution in [1.29, 1.82) is 0 Å². The van der Waals surface area contributed by atoms with Gasteiger partial charge in [-0.2, -0.15) is 0 Å². The van der Waals surface area contributed by atoms with E-state index < -0.39 is 0 Å². The molecule has 2 aliphatic rings. The Kier molecular flexibility index (Phi) is 4.06. The summed E-state index contributed by atoms with van der Waals surface area (Å²) in [7, 11) is 1.98. The molecule has 1 unspecified atom stereocenters. The number of carbonyl (C=O) groups excluding carboxylic acids is 2. The Morgan fingerprint density at radius 3 is 2.52 bits per heavy atom. The number of amides is 2. The van der Waals surface area contributed by atoms with E-state index in [1.54, 1.807) is 23.4 Å². The van der Waals surface area contributed by atoms with Gasteiger partial charge in [0.25, 0.3) is 5.91 Å². The summed E-state index contributed by atoms with van der Waals surface area (Å²) in [5.74, 6) is 0.187. The Bertz CT molecular complexity index is 598. The molecule has 0 aromatic carbocycles. The minimum atomic E-state index is -0.131. The van der Waals surface area contributed by atoms with E-state index in [1.807, 2.05) is 20.9 Å². The van der Waals surface area contributed by atoms with Crippen molar-refractivity contribution in [1.82, 2.24) is 25.1 Å². The van der Waals surface area contributed by atoms with Crippen molar-refractivity contribution in [3.63, 3.8) is 0 Å². The Hall–Kier alpha value is -2.02. The summed E-state index contributed by atoms with van der Waals surface area (Å²) >= 11 is 0. The van der Waals surface area contributed by atoms with Crippen LogP contribution in [0.4, 0.5) is 0 Å². The molecule has 1 N–H and O–H groups in total. The maximum Gasteiger partial charge on any atom is 0.291 e. The molecule has 1 aromatic heterocycles. The van der Waals surface area contributed by atoms with Crippen LogP contribution in [-0.2, 0) is 4.79 Å². The Labute approximate surface area is 136 Å². The number of carbonyl (C=O) groups is 2. The van der Waals surface area contributed by atoms with Gasteiger partial charge in [0.05, 0.1) is 6.04 Å². The molecule has 23 heavy (non-hydrogen) atoms. The number of hydrogen-bond acceptors (Lipinski definition) is 5. The highest BCUT2D eigenvalue weighted by molar-refractivity contribution is 5.91. The Morgan fingerprint density at radius 2 is 1.91 bits per heavy atom. The first-order valence-electron chi connectivity index (χ1n) is 7.97. The highest BCUT2D eigenvalue weighted by atomic mass is 16.2. The van der Waals surface area contributed by atoms with Gasteiger partial charge in [0.1, 0.15) is 0 Å². The van der Waals surface area contributed by atoms with Crippen LogP contribution >= 0.6 is 0 Å². The lowest BCUT2D eigenvalue weighted by atomic mass is 9.77. The van der Waals surface area contributed by atoms with Gasteiger partial charge in [-0.05, 0) is 33.4 Å². The maximum atomic E-state index is 12.3. The largest absolute Gasteiger partial charge is 0.353 e. The molecule has 3 rings (SSSR count). The summed E-state index contributed by atoms with van der Waals surface area (Å²) < 4.78 is 0. The summed E-state index contributed by atoms with van der Waals surface area (Å²) in [5.41, 5.74) is 0.0260. The van der Waals surface area contributed by atoms with Crippen molar-refractivity contribution in [2.45, 2.75) is 32.4 Å². The highest BCUT2D eigenvalue weighted by Gasteiger charge is 2.53. The molecule has 7 heteroatoms. The normalized spacial score (nSPS) is 23.1. The van der Waals surface area contributed by atoms with E-state index in [0.29, 0.717) is 13.1 Å². The van der Waals surface area contributed by atoms with Crippen LogP contribution in [0.25, 0.3) is 0 Å². The van der Waals surface area contributed by atoms with Gasteiger partial charge in [-0.25, -0.2) is 9.97 Å². The molecule has 1 spiro atoms. The molecule has 0 aliphatic carbocycles. The summed E-state index contributed by atoms with van der Waals surface area (Å²) in [6.45, 7) is 6.10. The number of aromatic nitrogens is 2. The van der Waals surface area contributed by atoms with E-state index in [9.17, 15) is 9.59 Å². The van der Waals surface area contributed by atoms with Crippen LogP contribution in [0.1, 0.15) is 30.9 Å². The van der Waals surface area contributed by atoms with Crippen molar-refractivity contribution in [2.24, 2.45) is 5.41 Å². The number of likely N-dealkylation sites (tertiary alicyclic amines) is 2. The van der Waals surface area contributed by atoms with Gasteiger partial charge < -0.3 is 10.2 Å². The first-order valence-corrected chi connectivity index (χ1v) is 7.97. The molecule has 124 valence electrons. The fourth-order valence-electron chi connectivity index (χ4n) is 3.63. The van der Waals surface area contributed by atoms with Gasteiger partial charge in [0.15, 0.2) is 0 Å².